The lowest BCUT2D eigenvalue weighted by Gasteiger charge is -2.00. The third-order valence-electron chi connectivity index (χ3n) is 3.68. The summed E-state index contributed by atoms with van der Waals surface area (Å²) < 4.78 is 10.4. The second-order valence-corrected chi connectivity index (χ2v) is 5.44. The summed E-state index contributed by atoms with van der Waals surface area (Å²) >= 11 is 0. The van der Waals surface area contributed by atoms with E-state index in [0.717, 1.165) is 5.56 Å². The van der Waals surface area contributed by atoms with Gasteiger partial charge >= 0.3 is 5.97 Å². The van der Waals surface area contributed by atoms with E-state index in [9.17, 15) is 14.9 Å². The minimum absolute atomic E-state index is 0.0124. The smallest absolute Gasteiger partial charge is 0.337 e. The fourth-order valence-electron chi connectivity index (χ4n) is 2.29. The van der Waals surface area contributed by atoms with Crippen LogP contribution < -0.4 is 5.43 Å². The van der Waals surface area contributed by atoms with Gasteiger partial charge in [-0.3, -0.25) is 15.5 Å². The van der Waals surface area contributed by atoms with Gasteiger partial charge in [-0.25, -0.2) is 4.79 Å². The Morgan fingerprint density at radius 3 is 2.44 bits per heavy atom. The fraction of sp³-hybridized carbons (Fsp3) is 0.0526. The number of nitro groups is 1. The summed E-state index contributed by atoms with van der Waals surface area (Å²) in [6.45, 7) is 0. The maximum Gasteiger partial charge on any atom is 0.337 e. The van der Waals surface area contributed by atoms with Crippen LogP contribution in [0.1, 0.15) is 16.1 Å². The number of benzene rings is 2. The molecule has 0 saturated heterocycles. The first-order valence-electron chi connectivity index (χ1n) is 7.89. The minimum atomic E-state index is -0.463. The van der Waals surface area contributed by atoms with Crippen LogP contribution in [0.4, 0.5) is 11.4 Å². The number of rotatable bonds is 6. The van der Waals surface area contributed by atoms with Crippen LogP contribution in [0.3, 0.4) is 0 Å². The quantitative estimate of drug-likeness (QED) is 0.305. The van der Waals surface area contributed by atoms with Crippen LogP contribution in [-0.4, -0.2) is 24.2 Å². The zero-order valence-electron chi connectivity index (χ0n) is 14.3. The van der Waals surface area contributed by atoms with Gasteiger partial charge in [0.2, 0.25) is 0 Å². The van der Waals surface area contributed by atoms with Crippen LogP contribution in [0.25, 0.3) is 11.3 Å². The highest BCUT2D eigenvalue weighted by Gasteiger charge is 2.08. The lowest BCUT2D eigenvalue weighted by molar-refractivity contribution is -0.384. The van der Waals surface area contributed by atoms with Crippen molar-refractivity contribution in [3.8, 4) is 11.3 Å². The predicted octanol–water partition coefficient (Wildman–Crippen LogP) is 4.09. The zero-order chi connectivity index (χ0) is 19.2. The van der Waals surface area contributed by atoms with E-state index in [-0.39, 0.29) is 5.69 Å². The topological polar surface area (TPSA) is 107 Å². The average molecular weight is 365 g/mol. The number of non-ortho nitro benzene ring substituents is 1. The number of ether oxygens (including phenoxy) is 1. The van der Waals surface area contributed by atoms with Crippen LogP contribution in [0.5, 0.6) is 0 Å². The number of hydrogen-bond donors (Lipinski definition) is 1. The second-order valence-electron chi connectivity index (χ2n) is 5.44. The molecule has 0 radical (unpaired) electrons. The van der Waals surface area contributed by atoms with Gasteiger partial charge in [0.1, 0.15) is 11.5 Å². The molecule has 27 heavy (non-hydrogen) atoms. The summed E-state index contributed by atoms with van der Waals surface area (Å²) in [5, 5.41) is 14.7. The van der Waals surface area contributed by atoms with Gasteiger partial charge in [0.05, 0.1) is 29.5 Å². The summed E-state index contributed by atoms with van der Waals surface area (Å²) in [7, 11) is 1.33. The van der Waals surface area contributed by atoms with Crippen LogP contribution >= 0.6 is 0 Å². The molecule has 0 bridgehead atoms. The first-order chi connectivity index (χ1) is 13.1. The van der Waals surface area contributed by atoms with Gasteiger partial charge < -0.3 is 9.15 Å². The standard InChI is InChI=1S/C19H15N3O5/c1-26-19(23)14-4-2-13(3-5-14)18-11-10-17(27-18)12-20-21-15-6-8-16(9-7-15)22(24)25/h2-12,21H,1H3/b20-12+. The van der Waals surface area contributed by atoms with E-state index >= 15 is 0 Å². The summed E-state index contributed by atoms with van der Waals surface area (Å²) in [6.07, 6.45) is 1.49. The van der Waals surface area contributed by atoms with Crippen LogP contribution in [0, 0.1) is 10.1 Å². The maximum atomic E-state index is 11.4. The van der Waals surface area contributed by atoms with Gasteiger partial charge in [-0.15, -0.1) is 0 Å². The van der Waals surface area contributed by atoms with Gasteiger partial charge in [-0.2, -0.15) is 5.10 Å². The Balaban J connectivity index is 1.64. The molecule has 3 aromatic rings. The first kappa shape index (κ1) is 17.9. The molecule has 0 unspecified atom stereocenters. The zero-order valence-corrected chi connectivity index (χ0v) is 14.3. The van der Waals surface area contributed by atoms with Crippen LogP contribution in [0.15, 0.2) is 70.2 Å². The number of hydrogen-bond acceptors (Lipinski definition) is 7. The molecule has 0 aliphatic rings. The molecule has 1 N–H and O–H groups in total. The van der Waals surface area contributed by atoms with E-state index in [4.69, 9.17) is 4.42 Å². The SMILES string of the molecule is COC(=O)c1ccc(-c2ccc(/C=N/Nc3ccc([N+](=O)[O-])cc3)o2)cc1. The number of nitrogens with zero attached hydrogens (tertiary/aromatic N) is 2. The molecular formula is C19H15N3O5. The van der Waals surface area contributed by atoms with E-state index in [1.165, 1.54) is 25.5 Å². The number of carbonyl (C=O) groups excluding carboxylic acids is 1. The molecule has 0 aliphatic carbocycles. The Morgan fingerprint density at radius 2 is 1.81 bits per heavy atom. The first-order valence-corrected chi connectivity index (χ1v) is 7.89. The molecule has 0 spiro atoms. The molecule has 2 aromatic carbocycles. The Bertz CT molecular complexity index is 975. The Hall–Kier alpha value is -3.94. The monoisotopic (exact) mass is 365 g/mol. The van der Waals surface area contributed by atoms with Crippen molar-refractivity contribution >= 4 is 23.6 Å². The Labute approximate surface area is 154 Å². The van der Waals surface area contributed by atoms with Crippen molar-refractivity contribution in [1.82, 2.24) is 0 Å². The van der Waals surface area contributed by atoms with Gasteiger partial charge in [-0.1, -0.05) is 12.1 Å². The molecule has 8 nitrogen and oxygen atoms in total. The largest absolute Gasteiger partial charge is 0.465 e. The summed E-state index contributed by atoms with van der Waals surface area (Å²) in [4.78, 5) is 21.6. The van der Waals surface area contributed by atoms with Gasteiger partial charge in [0, 0.05) is 17.7 Å². The number of carbonyl (C=O) groups is 1. The third-order valence-corrected chi connectivity index (χ3v) is 3.68. The molecule has 3 rings (SSSR count). The molecule has 0 aliphatic heterocycles. The highest BCUT2D eigenvalue weighted by atomic mass is 16.6. The van der Waals surface area contributed by atoms with Crippen LogP contribution in [0.2, 0.25) is 0 Å². The predicted molar refractivity (Wildman–Crippen MR) is 99.8 cm³/mol. The Morgan fingerprint density at radius 1 is 1.11 bits per heavy atom. The molecule has 1 aromatic heterocycles. The number of hydrazone groups is 1. The van der Waals surface area contributed by atoms with E-state index < -0.39 is 10.9 Å². The summed E-state index contributed by atoms with van der Waals surface area (Å²) in [6, 6.07) is 16.3. The number of methoxy groups -OCH3 is 1. The molecule has 0 saturated carbocycles. The lowest BCUT2D eigenvalue weighted by atomic mass is 10.1. The highest BCUT2D eigenvalue weighted by molar-refractivity contribution is 5.89. The Kier molecular flexibility index (Phi) is 5.27. The number of anilines is 1. The molecule has 1 heterocycles. The highest BCUT2D eigenvalue weighted by Crippen LogP contribution is 2.22. The summed E-state index contributed by atoms with van der Waals surface area (Å²) in [5.41, 5.74) is 4.67. The number of furan rings is 1. The van der Waals surface area contributed by atoms with Crippen molar-refractivity contribution in [2.75, 3.05) is 12.5 Å². The summed E-state index contributed by atoms with van der Waals surface area (Å²) in [5.74, 6) is 0.755. The van der Waals surface area contributed by atoms with Crippen LogP contribution in [-0.2, 0) is 4.74 Å². The average Bonchev–Trinajstić information content (AvgIpc) is 3.17. The van der Waals surface area contributed by atoms with Crippen molar-refractivity contribution in [3.05, 3.63) is 82.1 Å². The van der Waals surface area contributed by atoms with Crippen molar-refractivity contribution in [2.45, 2.75) is 0 Å². The van der Waals surface area contributed by atoms with E-state index in [1.807, 2.05) is 0 Å². The maximum absolute atomic E-state index is 11.4. The molecule has 8 heteroatoms. The number of nitro benzene ring substituents is 1. The van der Waals surface area contributed by atoms with Crippen molar-refractivity contribution in [1.29, 1.82) is 0 Å². The molecule has 136 valence electrons. The van der Waals surface area contributed by atoms with E-state index in [0.29, 0.717) is 22.8 Å². The van der Waals surface area contributed by atoms with E-state index in [1.54, 1.807) is 48.5 Å². The third kappa shape index (κ3) is 4.37. The normalized spacial score (nSPS) is 10.7. The van der Waals surface area contributed by atoms with Gasteiger partial charge in [0.25, 0.3) is 5.69 Å². The van der Waals surface area contributed by atoms with E-state index in [2.05, 4.69) is 15.3 Å². The number of nitrogens with one attached hydrogen (secondary N) is 1. The van der Waals surface area contributed by atoms with Crippen molar-refractivity contribution in [2.24, 2.45) is 5.10 Å². The minimum Gasteiger partial charge on any atom is -0.465 e. The van der Waals surface area contributed by atoms with Crippen molar-refractivity contribution < 1.29 is 18.9 Å². The molecule has 0 fully saturated rings. The fourth-order valence-corrected chi connectivity index (χ4v) is 2.29. The van der Waals surface area contributed by atoms with Gasteiger partial charge in [0.15, 0.2) is 0 Å². The second kappa shape index (κ2) is 7.96. The molecular weight excluding hydrogens is 350 g/mol. The van der Waals surface area contributed by atoms with Crippen molar-refractivity contribution in [3.63, 3.8) is 0 Å². The van der Waals surface area contributed by atoms with Gasteiger partial charge in [-0.05, 0) is 36.4 Å². The number of esters is 1. The molecule has 0 atom stereocenters. The lowest BCUT2D eigenvalue weighted by Crippen LogP contribution is -2.00. The molecule has 0 amide bonds.